The molecule has 3 N–H and O–H groups in total. The van der Waals surface area contributed by atoms with E-state index in [4.69, 9.17) is 16.3 Å². The molecule has 0 spiro atoms. The Kier molecular flexibility index (Phi) is 9.39. The van der Waals surface area contributed by atoms with Crippen molar-refractivity contribution in [2.24, 2.45) is 14.1 Å². The highest BCUT2D eigenvalue weighted by atomic mass is 35.5. The highest BCUT2D eigenvalue weighted by Crippen LogP contribution is 2.39. The molecule has 0 aliphatic carbocycles. The molecule has 3 aromatic heterocycles. The van der Waals surface area contributed by atoms with E-state index in [1.54, 1.807) is 18.3 Å². The number of nitrogens with one attached hydrogen (secondary N) is 3. The normalized spacial score (nSPS) is 14.4. The molecule has 2 aromatic carbocycles. The summed E-state index contributed by atoms with van der Waals surface area (Å²) in [5.74, 6) is -0.618. The first kappa shape index (κ1) is 33.6. The van der Waals surface area contributed by atoms with Gasteiger partial charge in [-0.25, -0.2) is 28.5 Å². The number of halogens is 3. The number of alkyl halides is 2. The first-order chi connectivity index (χ1) is 23.5. The summed E-state index contributed by atoms with van der Waals surface area (Å²) in [5.41, 5.74) is 2.53. The molecule has 0 bridgehead atoms. The van der Waals surface area contributed by atoms with Crippen molar-refractivity contribution in [1.82, 2.24) is 39.7 Å². The minimum Gasteiger partial charge on any atom is -0.480 e. The van der Waals surface area contributed by atoms with Crippen LogP contribution in [0.15, 0.2) is 52.2 Å². The number of aromatic nitrogens is 6. The van der Waals surface area contributed by atoms with Crippen LogP contribution in [0, 0.1) is 6.92 Å². The zero-order valence-electron chi connectivity index (χ0n) is 27.0. The van der Waals surface area contributed by atoms with Gasteiger partial charge >= 0.3 is 5.69 Å². The number of carbonyl (C=O) groups is 1. The van der Waals surface area contributed by atoms with Gasteiger partial charge in [0.25, 0.3) is 12.0 Å². The maximum atomic E-state index is 13.8. The number of rotatable bonds is 10. The molecule has 0 unspecified atom stereocenters. The molecule has 1 atom stereocenters. The summed E-state index contributed by atoms with van der Waals surface area (Å²) in [7, 11) is 4.15. The Labute approximate surface area is 283 Å². The number of methoxy groups -OCH3 is 1. The number of nitrogens with zero attached hydrogens (tertiary/aromatic N) is 6. The van der Waals surface area contributed by atoms with Crippen molar-refractivity contribution >= 4 is 40.0 Å². The third-order valence-corrected chi connectivity index (χ3v) is 8.84. The summed E-state index contributed by atoms with van der Waals surface area (Å²) in [5, 5.41) is 9.52. The van der Waals surface area contributed by atoms with Crippen LogP contribution in [-0.2, 0) is 25.4 Å². The monoisotopic (exact) mass is 691 g/mol. The van der Waals surface area contributed by atoms with Crippen molar-refractivity contribution in [1.29, 1.82) is 0 Å². The Balaban J connectivity index is 1.33. The molecule has 1 amide bonds. The lowest BCUT2D eigenvalue weighted by Gasteiger charge is -2.17. The lowest BCUT2D eigenvalue weighted by atomic mass is 9.96. The van der Waals surface area contributed by atoms with Crippen molar-refractivity contribution in [3.05, 3.63) is 85.5 Å². The maximum absolute atomic E-state index is 13.8. The average Bonchev–Trinajstić information content (AvgIpc) is 3.51. The Bertz CT molecular complexity index is 2220. The molecule has 0 saturated carbocycles. The van der Waals surface area contributed by atoms with Crippen LogP contribution in [0.1, 0.15) is 36.3 Å². The van der Waals surface area contributed by atoms with Gasteiger partial charge in [-0.2, -0.15) is 0 Å². The molecule has 1 saturated heterocycles. The van der Waals surface area contributed by atoms with Gasteiger partial charge in [0.15, 0.2) is 11.5 Å². The highest BCUT2D eigenvalue weighted by Gasteiger charge is 2.23. The second kappa shape index (κ2) is 13.7. The van der Waals surface area contributed by atoms with E-state index in [2.05, 4.69) is 35.9 Å². The number of ether oxygens (including phenoxy) is 1. The number of anilines is 2. The van der Waals surface area contributed by atoms with E-state index >= 15 is 0 Å². The van der Waals surface area contributed by atoms with Gasteiger partial charge in [0, 0.05) is 56.5 Å². The fourth-order valence-corrected chi connectivity index (χ4v) is 6.12. The first-order valence-corrected chi connectivity index (χ1v) is 15.7. The fraction of sp³-hybridized carbons (Fsp3) is 0.303. The molecule has 254 valence electrons. The number of hydrogen-bond donors (Lipinski definition) is 3. The zero-order chi connectivity index (χ0) is 35.0. The quantitative estimate of drug-likeness (QED) is 0.194. The van der Waals surface area contributed by atoms with Crippen LogP contribution in [0.4, 0.5) is 20.3 Å². The van der Waals surface area contributed by atoms with Crippen LogP contribution in [0.2, 0.25) is 5.02 Å². The molecule has 6 rings (SSSR count). The van der Waals surface area contributed by atoms with Crippen LogP contribution in [0.5, 0.6) is 5.88 Å². The van der Waals surface area contributed by atoms with Gasteiger partial charge in [-0.15, -0.1) is 0 Å². The average molecular weight is 692 g/mol. The Hall–Kier alpha value is -5.28. The molecular formula is C33H32ClF2N9O4. The van der Waals surface area contributed by atoms with Gasteiger partial charge < -0.3 is 20.7 Å². The lowest BCUT2D eigenvalue weighted by molar-refractivity contribution is -0.119. The topological polar surface area (TPSA) is 158 Å². The number of aryl methyl sites for hydroxylation is 1. The largest absolute Gasteiger partial charge is 0.480 e. The van der Waals surface area contributed by atoms with Gasteiger partial charge in [-0.3, -0.25) is 23.7 Å². The summed E-state index contributed by atoms with van der Waals surface area (Å²) >= 11 is 7.01. The van der Waals surface area contributed by atoms with Crippen LogP contribution >= 0.6 is 11.6 Å². The third kappa shape index (κ3) is 6.46. The smallest absolute Gasteiger partial charge is 0.332 e. The van der Waals surface area contributed by atoms with Gasteiger partial charge in [-0.05, 0) is 30.5 Å². The van der Waals surface area contributed by atoms with E-state index in [0.717, 1.165) is 15.6 Å². The zero-order valence-corrected chi connectivity index (χ0v) is 27.7. The van der Waals surface area contributed by atoms with E-state index < -0.39 is 23.5 Å². The van der Waals surface area contributed by atoms with Gasteiger partial charge in [0.05, 0.1) is 24.0 Å². The lowest BCUT2D eigenvalue weighted by Crippen LogP contribution is -2.38. The van der Waals surface area contributed by atoms with Crippen molar-refractivity contribution in [2.45, 2.75) is 38.8 Å². The van der Waals surface area contributed by atoms with E-state index in [1.807, 2.05) is 31.2 Å². The molecule has 13 nitrogen and oxygen atoms in total. The molecule has 1 fully saturated rings. The molecule has 49 heavy (non-hydrogen) atoms. The molecule has 5 aromatic rings. The van der Waals surface area contributed by atoms with Crippen LogP contribution in [-0.4, -0.2) is 54.7 Å². The maximum Gasteiger partial charge on any atom is 0.332 e. The Morgan fingerprint density at radius 1 is 1.04 bits per heavy atom. The van der Waals surface area contributed by atoms with Gasteiger partial charge in [0.2, 0.25) is 11.8 Å². The van der Waals surface area contributed by atoms with E-state index in [-0.39, 0.29) is 28.8 Å². The summed E-state index contributed by atoms with van der Waals surface area (Å²) in [6.45, 7) is 2.79. The molecule has 0 radical (unpaired) electrons. The molecule has 4 heterocycles. The third-order valence-electron chi connectivity index (χ3n) is 8.44. The number of amides is 1. The van der Waals surface area contributed by atoms with Crippen molar-refractivity contribution < 1.29 is 18.3 Å². The summed E-state index contributed by atoms with van der Waals surface area (Å²) in [4.78, 5) is 54.2. The minimum absolute atomic E-state index is 0.0508. The van der Waals surface area contributed by atoms with E-state index in [0.29, 0.717) is 69.7 Å². The fourth-order valence-electron chi connectivity index (χ4n) is 5.80. The Morgan fingerprint density at radius 2 is 1.78 bits per heavy atom. The number of benzene rings is 2. The number of hydrogen-bond acceptors (Lipinski definition) is 10. The predicted octanol–water partition coefficient (Wildman–Crippen LogP) is 4.17. The summed E-state index contributed by atoms with van der Waals surface area (Å²) in [6.07, 6.45) is -0.136. The van der Waals surface area contributed by atoms with E-state index in [9.17, 15) is 23.2 Å². The molecule has 1 aliphatic rings. The second-order valence-corrected chi connectivity index (χ2v) is 11.9. The first-order valence-electron chi connectivity index (χ1n) is 15.3. The predicted molar refractivity (Wildman–Crippen MR) is 180 cm³/mol. The second-order valence-electron chi connectivity index (χ2n) is 11.6. The highest BCUT2D eigenvalue weighted by molar-refractivity contribution is 6.36. The summed E-state index contributed by atoms with van der Waals surface area (Å²) in [6, 6.07) is 10.9. The van der Waals surface area contributed by atoms with Crippen LogP contribution in [0.3, 0.4) is 0 Å². The standard InChI is InChI=1S/C33H32ClF2N9O4/c1-16-18(7-6-10-21(16)40-28-25-30(43-29(42-28)27(35)36)44(2)33(48)45(3)32(25)47)19-8-5-9-20(26(19)34)22-15-38-23(31(41-22)49-4)14-37-13-17-11-12-24(46)39-17/h5-10,15,17,27,37H,11-14H2,1-4H3,(H,39,46)(H,40,42,43)/t17-/m1/s1. The van der Waals surface area contributed by atoms with Gasteiger partial charge in [-0.1, -0.05) is 41.9 Å². The minimum atomic E-state index is -3.05. The molecular weight excluding hydrogens is 660 g/mol. The van der Waals surface area contributed by atoms with Crippen LogP contribution in [0.25, 0.3) is 33.4 Å². The van der Waals surface area contributed by atoms with Gasteiger partial charge in [0.1, 0.15) is 16.9 Å². The summed E-state index contributed by atoms with van der Waals surface area (Å²) < 4.78 is 35.1. The van der Waals surface area contributed by atoms with E-state index in [1.165, 1.54) is 21.2 Å². The molecule has 16 heteroatoms. The SMILES string of the molecule is COc1nc(-c2cccc(-c3cccc(Nc4nc(C(F)F)nc5c4c(=O)n(C)c(=O)n5C)c3C)c2Cl)cnc1CNC[C@H]1CCC(=O)N1. The number of fused-ring (bicyclic) bond motifs is 1. The van der Waals surface area contributed by atoms with Crippen molar-refractivity contribution in [2.75, 3.05) is 19.0 Å². The number of carbonyl (C=O) groups excluding carboxylic acids is 1. The van der Waals surface area contributed by atoms with Crippen molar-refractivity contribution in [3.63, 3.8) is 0 Å². The van der Waals surface area contributed by atoms with Crippen LogP contribution < -0.4 is 31.9 Å². The Morgan fingerprint density at radius 3 is 2.49 bits per heavy atom. The van der Waals surface area contributed by atoms with Crippen molar-refractivity contribution in [3.8, 4) is 28.3 Å². The molecule has 1 aliphatic heterocycles.